The van der Waals surface area contributed by atoms with Crippen molar-refractivity contribution in [3.05, 3.63) is 46.8 Å². The molecule has 1 aliphatic rings. The second kappa shape index (κ2) is 8.81. The third-order valence-electron chi connectivity index (χ3n) is 4.66. The fourth-order valence-corrected chi connectivity index (χ4v) is 3.30. The number of nitrogens with zero attached hydrogens (tertiary/aromatic N) is 1. The summed E-state index contributed by atoms with van der Waals surface area (Å²) in [6.07, 6.45) is 0. The van der Waals surface area contributed by atoms with Gasteiger partial charge in [0.15, 0.2) is 13.2 Å². The maximum atomic E-state index is 12.6. The zero-order chi connectivity index (χ0) is 21.8. The second-order valence-electron chi connectivity index (χ2n) is 6.67. The number of aromatic nitrogens is 1. The van der Waals surface area contributed by atoms with Gasteiger partial charge in [0.05, 0.1) is 12.3 Å². The van der Waals surface area contributed by atoms with E-state index in [4.69, 9.17) is 14.2 Å². The van der Waals surface area contributed by atoms with E-state index >= 15 is 0 Å². The van der Waals surface area contributed by atoms with Crippen LogP contribution in [0.2, 0.25) is 0 Å². The average Bonchev–Trinajstić information content (AvgIpc) is 3.02. The molecule has 0 radical (unpaired) electrons. The molecule has 2 heterocycles. The first-order chi connectivity index (χ1) is 14.3. The summed E-state index contributed by atoms with van der Waals surface area (Å²) in [5, 5.41) is 0. The van der Waals surface area contributed by atoms with E-state index in [0.717, 1.165) is 0 Å². The van der Waals surface area contributed by atoms with Gasteiger partial charge in [-0.15, -0.1) is 0 Å². The normalized spacial score (nSPS) is 12.8. The quantitative estimate of drug-likeness (QED) is 0.544. The number of ether oxygens (including phenoxy) is 3. The van der Waals surface area contributed by atoms with Crippen LogP contribution in [0.4, 0.5) is 5.69 Å². The first-order valence-corrected chi connectivity index (χ1v) is 9.40. The second-order valence-corrected chi connectivity index (χ2v) is 6.67. The van der Waals surface area contributed by atoms with Crippen LogP contribution in [0.3, 0.4) is 0 Å². The van der Waals surface area contributed by atoms with E-state index in [0.29, 0.717) is 22.7 Å². The van der Waals surface area contributed by atoms with Crippen LogP contribution in [-0.2, 0) is 19.1 Å². The third kappa shape index (κ3) is 4.19. The van der Waals surface area contributed by atoms with Crippen LogP contribution in [0.15, 0.2) is 24.3 Å². The molecular weight excluding hydrogens is 392 g/mol. The van der Waals surface area contributed by atoms with E-state index in [2.05, 4.69) is 4.98 Å². The predicted octanol–water partition coefficient (Wildman–Crippen LogP) is 1.96. The molecule has 0 atom stereocenters. The average molecular weight is 414 g/mol. The number of aryl methyl sites for hydroxylation is 1. The molecule has 0 aliphatic carbocycles. The lowest BCUT2D eigenvalue weighted by atomic mass is 10.1. The molecule has 9 heteroatoms. The van der Waals surface area contributed by atoms with Gasteiger partial charge in [-0.1, -0.05) is 12.1 Å². The van der Waals surface area contributed by atoms with E-state index in [9.17, 15) is 19.2 Å². The fourth-order valence-electron chi connectivity index (χ4n) is 3.30. The Morgan fingerprint density at radius 2 is 1.90 bits per heavy atom. The third-order valence-corrected chi connectivity index (χ3v) is 4.66. The van der Waals surface area contributed by atoms with Crippen LogP contribution < -0.4 is 9.64 Å². The van der Waals surface area contributed by atoms with Crippen LogP contribution >= 0.6 is 0 Å². The zero-order valence-corrected chi connectivity index (χ0v) is 16.9. The van der Waals surface area contributed by atoms with Crippen LogP contribution in [0, 0.1) is 13.8 Å². The molecular formula is C21H22N2O7. The van der Waals surface area contributed by atoms with Gasteiger partial charge >= 0.3 is 11.9 Å². The summed E-state index contributed by atoms with van der Waals surface area (Å²) >= 11 is 0. The largest absolute Gasteiger partial charge is 0.482 e. The zero-order valence-electron chi connectivity index (χ0n) is 16.9. The van der Waals surface area contributed by atoms with Crippen LogP contribution in [0.5, 0.6) is 5.75 Å². The Morgan fingerprint density at radius 1 is 1.17 bits per heavy atom. The van der Waals surface area contributed by atoms with E-state index in [1.807, 2.05) is 0 Å². The lowest BCUT2D eigenvalue weighted by molar-refractivity contribution is -0.142. The van der Waals surface area contributed by atoms with Gasteiger partial charge in [0.25, 0.3) is 5.91 Å². The molecule has 158 valence electrons. The molecule has 3 rings (SSSR count). The van der Waals surface area contributed by atoms with Gasteiger partial charge in [-0.3, -0.25) is 19.3 Å². The lowest BCUT2D eigenvalue weighted by Gasteiger charge is -2.28. The number of carbonyl (C=O) groups excluding carboxylic acids is 4. The Labute approximate surface area is 172 Å². The molecule has 1 aliphatic heterocycles. The van der Waals surface area contributed by atoms with Gasteiger partial charge in [0, 0.05) is 11.3 Å². The first-order valence-electron chi connectivity index (χ1n) is 9.40. The number of rotatable bonds is 7. The van der Waals surface area contributed by atoms with Crippen LogP contribution in [-0.4, -0.2) is 55.0 Å². The molecule has 0 unspecified atom stereocenters. The van der Waals surface area contributed by atoms with Gasteiger partial charge < -0.3 is 19.2 Å². The highest BCUT2D eigenvalue weighted by Gasteiger charge is 2.28. The van der Waals surface area contributed by atoms with Crippen molar-refractivity contribution in [2.45, 2.75) is 20.8 Å². The minimum absolute atomic E-state index is 0.179. The van der Waals surface area contributed by atoms with E-state index in [1.165, 1.54) is 4.90 Å². The fraction of sp³-hybridized carbons (Fsp3) is 0.333. The molecule has 0 bridgehead atoms. The van der Waals surface area contributed by atoms with E-state index < -0.39 is 24.3 Å². The molecule has 1 amide bonds. The van der Waals surface area contributed by atoms with Gasteiger partial charge in [-0.2, -0.15) is 0 Å². The van der Waals surface area contributed by atoms with E-state index in [-0.39, 0.29) is 36.9 Å². The summed E-state index contributed by atoms with van der Waals surface area (Å²) in [6, 6.07) is 6.84. The number of amides is 1. The monoisotopic (exact) mass is 414 g/mol. The number of anilines is 1. The number of benzene rings is 1. The number of para-hydroxylation sites is 2. The Hall–Kier alpha value is -3.62. The molecule has 0 fully saturated rings. The van der Waals surface area contributed by atoms with Crippen molar-refractivity contribution >= 4 is 29.3 Å². The molecule has 9 nitrogen and oxygen atoms in total. The predicted molar refractivity (Wildman–Crippen MR) is 106 cm³/mol. The summed E-state index contributed by atoms with van der Waals surface area (Å²) < 4.78 is 15.4. The number of hydrogen-bond acceptors (Lipinski definition) is 7. The minimum Gasteiger partial charge on any atom is -0.482 e. The van der Waals surface area contributed by atoms with Gasteiger partial charge in [0.2, 0.25) is 5.78 Å². The molecule has 1 aromatic carbocycles. The smallest absolute Gasteiger partial charge is 0.355 e. The Kier molecular flexibility index (Phi) is 6.20. The first kappa shape index (κ1) is 21.1. The molecule has 0 saturated carbocycles. The van der Waals surface area contributed by atoms with E-state index in [1.54, 1.807) is 45.0 Å². The Morgan fingerprint density at radius 3 is 2.63 bits per heavy atom. The van der Waals surface area contributed by atoms with Gasteiger partial charge in [-0.25, -0.2) is 4.79 Å². The number of carbonyl (C=O) groups is 4. The summed E-state index contributed by atoms with van der Waals surface area (Å²) in [7, 11) is 0. The maximum Gasteiger partial charge on any atom is 0.355 e. The number of hydrogen-bond donors (Lipinski definition) is 1. The number of Topliss-reactive ketones (excluding diaryl/α,β-unsaturated/α-hetero) is 1. The van der Waals surface area contributed by atoms with Crippen molar-refractivity contribution in [1.82, 2.24) is 4.98 Å². The molecule has 1 N–H and O–H groups in total. The number of fused-ring (bicyclic) bond motifs is 1. The number of nitrogens with one attached hydrogen (secondary N) is 1. The van der Waals surface area contributed by atoms with Crippen molar-refractivity contribution in [3.63, 3.8) is 0 Å². The minimum atomic E-state index is -0.732. The molecule has 0 saturated heterocycles. The highest BCUT2D eigenvalue weighted by atomic mass is 16.5. The summed E-state index contributed by atoms with van der Waals surface area (Å²) in [5.74, 6) is -1.64. The number of H-pyrrole nitrogens is 1. The summed E-state index contributed by atoms with van der Waals surface area (Å²) in [5.41, 5.74) is 1.85. The van der Waals surface area contributed by atoms with Crippen molar-refractivity contribution in [2.75, 3.05) is 31.3 Å². The SMILES string of the molecule is CCOC(=O)c1[nH]c(C)c(C(=O)COC(=O)CN2C(=O)COc3ccccc32)c1C. The number of ketones is 1. The van der Waals surface area contributed by atoms with Gasteiger partial charge in [-0.05, 0) is 38.5 Å². The standard InChI is InChI=1S/C21H22N2O7/c1-4-28-21(27)20-12(2)19(13(3)22-20)15(24)10-30-18(26)9-23-14-7-5-6-8-16(14)29-11-17(23)25/h5-8,22H,4,9-11H2,1-3H3. The molecule has 1 aromatic heterocycles. The van der Waals surface area contributed by atoms with Crippen LogP contribution in [0.25, 0.3) is 0 Å². The highest BCUT2D eigenvalue weighted by Crippen LogP contribution is 2.31. The Balaban J connectivity index is 1.65. The molecule has 30 heavy (non-hydrogen) atoms. The number of aromatic amines is 1. The maximum absolute atomic E-state index is 12.6. The number of esters is 2. The van der Waals surface area contributed by atoms with Crippen LogP contribution in [0.1, 0.15) is 39.0 Å². The van der Waals surface area contributed by atoms with Crippen molar-refractivity contribution in [3.8, 4) is 5.75 Å². The Bertz CT molecular complexity index is 1010. The van der Waals surface area contributed by atoms with Crippen molar-refractivity contribution in [2.24, 2.45) is 0 Å². The van der Waals surface area contributed by atoms with Gasteiger partial charge in [0.1, 0.15) is 18.0 Å². The lowest BCUT2D eigenvalue weighted by Crippen LogP contribution is -2.42. The molecule has 0 spiro atoms. The summed E-state index contributed by atoms with van der Waals surface area (Å²) in [6.45, 7) is 4.13. The summed E-state index contributed by atoms with van der Waals surface area (Å²) in [4.78, 5) is 53.1. The van der Waals surface area contributed by atoms with Crippen molar-refractivity contribution < 1.29 is 33.4 Å². The highest BCUT2D eigenvalue weighted by molar-refractivity contribution is 6.04. The molecule has 2 aromatic rings. The van der Waals surface area contributed by atoms with Crippen molar-refractivity contribution in [1.29, 1.82) is 0 Å². The topological polar surface area (TPSA) is 115 Å².